The van der Waals surface area contributed by atoms with Crippen LogP contribution in [0.3, 0.4) is 0 Å². The second kappa shape index (κ2) is 10.3. The van der Waals surface area contributed by atoms with Gasteiger partial charge in [0.25, 0.3) is 0 Å². The van der Waals surface area contributed by atoms with E-state index >= 15 is 0 Å². The SMILES string of the molecule is CCNc1cccc(NCCCCCCSC)c1[N+](=O)[O-]. The molecular weight excluding hydrogens is 286 g/mol. The van der Waals surface area contributed by atoms with Gasteiger partial charge < -0.3 is 10.6 Å². The molecule has 0 aliphatic heterocycles. The molecule has 0 fully saturated rings. The second-order valence-electron chi connectivity index (χ2n) is 4.82. The van der Waals surface area contributed by atoms with Gasteiger partial charge in [0.05, 0.1) is 4.92 Å². The van der Waals surface area contributed by atoms with Crippen molar-refractivity contribution < 1.29 is 4.92 Å². The quantitative estimate of drug-likeness (QED) is 0.361. The predicted octanol–water partition coefficient (Wildman–Crippen LogP) is 4.36. The molecular formula is C15H25N3O2S. The molecule has 0 bridgehead atoms. The van der Waals surface area contributed by atoms with Gasteiger partial charge in [-0.3, -0.25) is 10.1 Å². The van der Waals surface area contributed by atoms with E-state index in [1.54, 1.807) is 12.1 Å². The average Bonchev–Trinajstić information content (AvgIpc) is 2.46. The van der Waals surface area contributed by atoms with Crippen LogP contribution >= 0.6 is 11.8 Å². The van der Waals surface area contributed by atoms with Gasteiger partial charge in [0.1, 0.15) is 11.4 Å². The van der Waals surface area contributed by atoms with Crippen LogP contribution in [0, 0.1) is 10.1 Å². The van der Waals surface area contributed by atoms with Crippen molar-refractivity contribution in [1.82, 2.24) is 0 Å². The molecule has 6 heteroatoms. The highest BCUT2D eigenvalue weighted by atomic mass is 32.2. The van der Waals surface area contributed by atoms with Gasteiger partial charge in [-0.25, -0.2) is 0 Å². The Kier molecular flexibility index (Phi) is 8.66. The van der Waals surface area contributed by atoms with Gasteiger partial charge in [0, 0.05) is 13.1 Å². The van der Waals surface area contributed by atoms with Gasteiger partial charge in [-0.2, -0.15) is 11.8 Å². The summed E-state index contributed by atoms with van der Waals surface area (Å²) in [4.78, 5) is 10.9. The van der Waals surface area contributed by atoms with E-state index < -0.39 is 0 Å². The van der Waals surface area contributed by atoms with E-state index in [0.29, 0.717) is 17.9 Å². The Labute approximate surface area is 131 Å². The number of benzene rings is 1. The van der Waals surface area contributed by atoms with E-state index in [4.69, 9.17) is 0 Å². The fourth-order valence-electron chi connectivity index (χ4n) is 2.16. The number of thioether (sulfide) groups is 1. The summed E-state index contributed by atoms with van der Waals surface area (Å²) in [6.07, 6.45) is 6.79. The third kappa shape index (κ3) is 6.25. The molecule has 2 N–H and O–H groups in total. The standard InChI is InChI=1S/C15H25N3O2S/c1-3-16-13-9-8-10-14(15(13)18(19)20)17-11-6-4-5-7-12-21-2/h8-10,16-17H,3-7,11-12H2,1-2H3. The number of unbranched alkanes of at least 4 members (excludes halogenated alkanes) is 3. The summed E-state index contributed by atoms with van der Waals surface area (Å²) in [6, 6.07) is 5.35. The molecule has 0 radical (unpaired) electrons. The van der Waals surface area contributed by atoms with Crippen molar-refractivity contribution in [2.75, 3.05) is 35.7 Å². The minimum absolute atomic E-state index is 0.140. The summed E-state index contributed by atoms with van der Waals surface area (Å²) < 4.78 is 0. The monoisotopic (exact) mass is 311 g/mol. The second-order valence-corrected chi connectivity index (χ2v) is 5.81. The maximum absolute atomic E-state index is 11.2. The third-order valence-corrected chi connectivity index (χ3v) is 3.87. The molecule has 1 rings (SSSR count). The van der Waals surface area contributed by atoms with Crippen molar-refractivity contribution in [3.05, 3.63) is 28.3 Å². The van der Waals surface area contributed by atoms with Gasteiger partial charge in [0.15, 0.2) is 0 Å². The van der Waals surface area contributed by atoms with Crippen molar-refractivity contribution in [2.45, 2.75) is 32.6 Å². The number of anilines is 2. The van der Waals surface area contributed by atoms with Crippen LogP contribution in [0.2, 0.25) is 0 Å². The van der Waals surface area contributed by atoms with Gasteiger partial charge >= 0.3 is 5.69 Å². The summed E-state index contributed by atoms with van der Waals surface area (Å²) in [7, 11) is 0. The van der Waals surface area contributed by atoms with Crippen LogP contribution in [0.1, 0.15) is 32.6 Å². The molecule has 1 aromatic carbocycles. The summed E-state index contributed by atoms with van der Waals surface area (Å²) in [5, 5.41) is 17.5. The molecule has 0 spiro atoms. The van der Waals surface area contributed by atoms with Crippen LogP contribution in [-0.4, -0.2) is 30.0 Å². The maximum Gasteiger partial charge on any atom is 0.315 e. The highest BCUT2D eigenvalue weighted by Crippen LogP contribution is 2.32. The number of para-hydroxylation sites is 1. The summed E-state index contributed by atoms with van der Waals surface area (Å²) in [5.74, 6) is 1.21. The number of nitrogens with one attached hydrogen (secondary N) is 2. The molecule has 0 aliphatic carbocycles. The fraction of sp³-hybridized carbons (Fsp3) is 0.600. The molecule has 0 amide bonds. The molecule has 1 aromatic rings. The van der Waals surface area contributed by atoms with E-state index in [-0.39, 0.29) is 10.6 Å². The maximum atomic E-state index is 11.2. The van der Waals surface area contributed by atoms with Crippen molar-refractivity contribution in [1.29, 1.82) is 0 Å². The molecule has 118 valence electrons. The Bertz CT molecular complexity index is 441. The van der Waals surface area contributed by atoms with E-state index in [2.05, 4.69) is 16.9 Å². The lowest BCUT2D eigenvalue weighted by Gasteiger charge is -2.10. The average molecular weight is 311 g/mol. The zero-order chi connectivity index (χ0) is 15.5. The number of hydrogen-bond donors (Lipinski definition) is 2. The Morgan fingerprint density at radius 2 is 1.81 bits per heavy atom. The number of hydrogen-bond acceptors (Lipinski definition) is 5. The number of nitro groups is 1. The Hall–Kier alpha value is -1.43. The topological polar surface area (TPSA) is 67.2 Å². The first kappa shape index (κ1) is 17.6. The first-order valence-electron chi connectivity index (χ1n) is 7.44. The molecule has 21 heavy (non-hydrogen) atoms. The molecule has 0 aromatic heterocycles. The Balaban J connectivity index is 2.50. The van der Waals surface area contributed by atoms with Crippen LogP contribution in [-0.2, 0) is 0 Å². The van der Waals surface area contributed by atoms with Gasteiger partial charge in [-0.05, 0) is 43.9 Å². The number of rotatable bonds is 11. The predicted molar refractivity (Wildman–Crippen MR) is 92.6 cm³/mol. The highest BCUT2D eigenvalue weighted by molar-refractivity contribution is 7.98. The molecule has 0 saturated carbocycles. The summed E-state index contributed by atoms with van der Waals surface area (Å²) in [5.41, 5.74) is 1.32. The molecule has 0 atom stereocenters. The minimum atomic E-state index is -0.321. The van der Waals surface area contributed by atoms with Crippen LogP contribution in [0.25, 0.3) is 0 Å². The van der Waals surface area contributed by atoms with E-state index in [9.17, 15) is 10.1 Å². The fourth-order valence-corrected chi connectivity index (χ4v) is 2.66. The third-order valence-electron chi connectivity index (χ3n) is 3.18. The van der Waals surface area contributed by atoms with Gasteiger partial charge in [0.2, 0.25) is 0 Å². The van der Waals surface area contributed by atoms with Gasteiger partial charge in [-0.1, -0.05) is 18.9 Å². The van der Waals surface area contributed by atoms with Gasteiger partial charge in [-0.15, -0.1) is 0 Å². The Morgan fingerprint density at radius 1 is 1.14 bits per heavy atom. The summed E-state index contributed by atoms with van der Waals surface area (Å²) >= 11 is 1.88. The highest BCUT2D eigenvalue weighted by Gasteiger charge is 2.18. The molecule has 0 saturated heterocycles. The molecule has 5 nitrogen and oxygen atoms in total. The molecule has 0 heterocycles. The van der Waals surface area contributed by atoms with Crippen molar-refractivity contribution in [3.8, 4) is 0 Å². The zero-order valence-electron chi connectivity index (χ0n) is 12.9. The van der Waals surface area contributed by atoms with Crippen LogP contribution in [0.5, 0.6) is 0 Å². The van der Waals surface area contributed by atoms with Crippen LogP contribution in [0.15, 0.2) is 18.2 Å². The number of nitrogens with zero attached hydrogens (tertiary/aromatic N) is 1. The van der Waals surface area contributed by atoms with E-state index in [1.165, 1.54) is 18.6 Å². The van der Waals surface area contributed by atoms with Crippen molar-refractivity contribution >= 4 is 28.8 Å². The minimum Gasteiger partial charge on any atom is -0.380 e. The normalized spacial score (nSPS) is 10.4. The lowest BCUT2D eigenvalue weighted by Crippen LogP contribution is -2.07. The van der Waals surface area contributed by atoms with Crippen molar-refractivity contribution in [3.63, 3.8) is 0 Å². The zero-order valence-corrected chi connectivity index (χ0v) is 13.7. The smallest absolute Gasteiger partial charge is 0.315 e. The first-order chi connectivity index (χ1) is 10.2. The number of nitro benzene ring substituents is 1. The molecule has 0 unspecified atom stereocenters. The first-order valence-corrected chi connectivity index (χ1v) is 8.84. The lowest BCUT2D eigenvalue weighted by molar-refractivity contribution is -0.383. The summed E-state index contributed by atoms with van der Waals surface area (Å²) in [6.45, 7) is 3.37. The largest absolute Gasteiger partial charge is 0.380 e. The van der Waals surface area contributed by atoms with E-state index in [0.717, 1.165) is 19.4 Å². The lowest BCUT2D eigenvalue weighted by atomic mass is 10.2. The molecule has 0 aliphatic rings. The van der Waals surface area contributed by atoms with E-state index in [1.807, 2.05) is 24.8 Å². The van der Waals surface area contributed by atoms with Crippen LogP contribution < -0.4 is 10.6 Å². The van der Waals surface area contributed by atoms with Crippen molar-refractivity contribution in [2.24, 2.45) is 0 Å². The van der Waals surface area contributed by atoms with Crippen LogP contribution in [0.4, 0.5) is 17.1 Å². The Morgan fingerprint density at radius 3 is 2.43 bits per heavy atom.